The number of nitrogens with zero attached hydrogens (tertiary/aromatic N) is 3. The van der Waals surface area contributed by atoms with Crippen LogP contribution in [0, 0.1) is 0 Å². The van der Waals surface area contributed by atoms with E-state index >= 15 is 0 Å². The highest BCUT2D eigenvalue weighted by molar-refractivity contribution is 6.09. The summed E-state index contributed by atoms with van der Waals surface area (Å²) >= 11 is 0. The topological polar surface area (TPSA) is 67.6 Å². The Labute approximate surface area is 206 Å². The van der Waals surface area contributed by atoms with E-state index in [2.05, 4.69) is 32.7 Å². The minimum atomic E-state index is -0.716. The van der Waals surface area contributed by atoms with Crippen molar-refractivity contribution < 1.29 is 14.6 Å². The van der Waals surface area contributed by atoms with Gasteiger partial charge in [0.2, 0.25) is 0 Å². The minimum Gasteiger partial charge on any atom is -0.461 e. The molecule has 1 fully saturated rings. The average molecular weight is 472 g/mol. The van der Waals surface area contributed by atoms with Gasteiger partial charge in [-0.3, -0.25) is 0 Å². The summed E-state index contributed by atoms with van der Waals surface area (Å²) in [6.45, 7) is 6.01. The van der Waals surface area contributed by atoms with Crippen LogP contribution in [0.3, 0.4) is 0 Å². The highest BCUT2D eigenvalue weighted by atomic mass is 16.5. The number of aromatic nitrogens is 2. The normalized spacial score (nSPS) is 16.1. The lowest BCUT2D eigenvalue weighted by molar-refractivity contribution is -0.0261. The molecule has 1 aliphatic heterocycles. The maximum atomic E-state index is 12.4. The van der Waals surface area contributed by atoms with Crippen LogP contribution in [-0.2, 0) is 16.9 Å². The molecular weight excluding hydrogens is 438 g/mol. The SMILES string of the molecule is CCCOC(=O)c1cc2c3ccccc3n(CCCN3CCC(O)(c4ccccc4)CC3)c2cn1. The summed E-state index contributed by atoms with van der Waals surface area (Å²) in [5, 5.41) is 13.3. The minimum absolute atomic E-state index is 0.355. The molecule has 35 heavy (non-hydrogen) atoms. The van der Waals surface area contributed by atoms with Crippen molar-refractivity contribution in [3.05, 3.63) is 78.1 Å². The Morgan fingerprint density at radius 1 is 1.00 bits per heavy atom. The fourth-order valence-electron chi connectivity index (χ4n) is 5.20. The first kappa shape index (κ1) is 23.5. The average Bonchev–Trinajstić information content (AvgIpc) is 3.22. The summed E-state index contributed by atoms with van der Waals surface area (Å²) < 4.78 is 7.60. The maximum Gasteiger partial charge on any atom is 0.356 e. The number of benzene rings is 2. The fraction of sp³-hybridized carbons (Fsp3) is 0.379. The van der Waals surface area contributed by atoms with Crippen LogP contribution in [0.15, 0.2) is 66.9 Å². The van der Waals surface area contributed by atoms with Gasteiger partial charge in [0.1, 0.15) is 5.69 Å². The van der Waals surface area contributed by atoms with Gasteiger partial charge >= 0.3 is 5.97 Å². The second-order valence-electron chi connectivity index (χ2n) is 9.48. The molecule has 2 aromatic carbocycles. The Bertz CT molecular complexity index is 1310. The van der Waals surface area contributed by atoms with Gasteiger partial charge in [-0.1, -0.05) is 55.5 Å². The van der Waals surface area contributed by atoms with Crippen LogP contribution in [0.5, 0.6) is 0 Å². The summed E-state index contributed by atoms with van der Waals surface area (Å²) in [5.74, 6) is -0.369. The lowest BCUT2D eigenvalue weighted by Crippen LogP contribution is -2.43. The number of likely N-dealkylation sites (tertiary alicyclic amines) is 1. The van der Waals surface area contributed by atoms with E-state index in [0.717, 1.165) is 79.2 Å². The number of fused-ring (bicyclic) bond motifs is 3. The number of esters is 1. The van der Waals surface area contributed by atoms with E-state index in [0.29, 0.717) is 12.3 Å². The molecule has 0 amide bonds. The van der Waals surface area contributed by atoms with Crippen molar-refractivity contribution in [3.8, 4) is 0 Å². The smallest absolute Gasteiger partial charge is 0.356 e. The van der Waals surface area contributed by atoms with Crippen molar-refractivity contribution in [1.82, 2.24) is 14.5 Å². The number of aliphatic hydroxyl groups is 1. The lowest BCUT2D eigenvalue weighted by atomic mass is 9.84. The summed E-state index contributed by atoms with van der Waals surface area (Å²) in [6.07, 6.45) is 5.10. The van der Waals surface area contributed by atoms with Gasteiger partial charge in [-0.2, -0.15) is 0 Å². The quantitative estimate of drug-likeness (QED) is 0.361. The maximum absolute atomic E-state index is 12.4. The van der Waals surface area contributed by atoms with Crippen LogP contribution >= 0.6 is 0 Å². The molecule has 0 aliphatic carbocycles. The number of rotatable bonds is 8. The summed E-state index contributed by atoms with van der Waals surface area (Å²) in [5.41, 5.74) is 2.85. The number of hydrogen-bond donors (Lipinski definition) is 1. The second kappa shape index (κ2) is 10.2. The molecule has 4 aromatic rings. The van der Waals surface area contributed by atoms with E-state index in [9.17, 15) is 9.90 Å². The van der Waals surface area contributed by atoms with Crippen molar-refractivity contribution in [3.63, 3.8) is 0 Å². The van der Waals surface area contributed by atoms with Crippen molar-refractivity contribution in [2.75, 3.05) is 26.2 Å². The van der Waals surface area contributed by atoms with E-state index in [4.69, 9.17) is 4.74 Å². The molecule has 0 radical (unpaired) electrons. The number of carbonyl (C=O) groups is 1. The molecule has 1 aliphatic rings. The van der Waals surface area contributed by atoms with Crippen LogP contribution in [0.25, 0.3) is 21.8 Å². The molecular formula is C29H33N3O3. The number of aryl methyl sites for hydroxylation is 1. The molecule has 0 spiro atoms. The Balaban J connectivity index is 1.28. The Morgan fingerprint density at radius 3 is 2.51 bits per heavy atom. The Kier molecular flexibility index (Phi) is 6.84. The summed E-state index contributed by atoms with van der Waals surface area (Å²) in [4.78, 5) is 19.2. The van der Waals surface area contributed by atoms with E-state index < -0.39 is 5.60 Å². The van der Waals surface area contributed by atoms with Gasteiger partial charge in [0.05, 0.1) is 23.9 Å². The molecule has 0 saturated carbocycles. The molecule has 0 atom stereocenters. The third-order valence-electron chi connectivity index (χ3n) is 7.16. The molecule has 5 rings (SSSR count). The number of hydrogen-bond acceptors (Lipinski definition) is 5. The van der Waals surface area contributed by atoms with E-state index in [1.807, 2.05) is 49.4 Å². The zero-order valence-electron chi connectivity index (χ0n) is 20.3. The van der Waals surface area contributed by atoms with Gasteiger partial charge in [0.25, 0.3) is 0 Å². The number of carbonyl (C=O) groups excluding carboxylic acids is 1. The zero-order valence-corrected chi connectivity index (χ0v) is 20.3. The Morgan fingerprint density at radius 2 is 1.74 bits per heavy atom. The van der Waals surface area contributed by atoms with Gasteiger partial charge < -0.3 is 19.3 Å². The lowest BCUT2D eigenvalue weighted by Gasteiger charge is -2.38. The van der Waals surface area contributed by atoms with Gasteiger partial charge in [-0.05, 0) is 49.9 Å². The fourth-order valence-corrected chi connectivity index (χ4v) is 5.20. The van der Waals surface area contributed by atoms with Crippen molar-refractivity contribution >= 4 is 27.8 Å². The van der Waals surface area contributed by atoms with Crippen molar-refractivity contribution in [2.45, 2.75) is 44.8 Å². The number of para-hydroxylation sites is 1. The monoisotopic (exact) mass is 471 g/mol. The number of pyridine rings is 1. The molecule has 0 unspecified atom stereocenters. The predicted molar refractivity (Wildman–Crippen MR) is 138 cm³/mol. The molecule has 6 nitrogen and oxygen atoms in total. The van der Waals surface area contributed by atoms with Gasteiger partial charge in [-0.15, -0.1) is 0 Å². The Hall–Kier alpha value is -3.22. The second-order valence-corrected chi connectivity index (χ2v) is 9.48. The zero-order chi connectivity index (χ0) is 24.3. The standard InChI is InChI=1S/C29H33N3O3/c1-2-19-35-28(33)25-20-24-23-11-6-7-12-26(23)32(27(24)21-30-25)16-8-15-31-17-13-29(34,14-18-31)22-9-4-3-5-10-22/h3-7,9-12,20-21,34H,2,8,13-19H2,1H3. The third-order valence-corrected chi connectivity index (χ3v) is 7.16. The first-order chi connectivity index (χ1) is 17.1. The van der Waals surface area contributed by atoms with E-state index in [1.165, 1.54) is 0 Å². The van der Waals surface area contributed by atoms with Crippen molar-refractivity contribution in [2.24, 2.45) is 0 Å². The van der Waals surface area contributed by atoms with Gasteiger partial charge in [-0.25, -0.2) is 9.78 Å². The van der Waals surface area contributed by atoms with Gasteiger partial charge in [0.15, 0.2) is 0 Å². The largest absolute Gasteiger partial charge is 0.461 e. The first-order valence-corrected chi connectivity index (χ1v) is 12.6. The predicted octanol–water partition coefficient (Wildman–Crippen LogP) is 5.13. The molecule has 1 N–H and O–H groups in total. The molecule has 1 saturated heterocycles. The molecule has 3 heterocycles. The van der Waals surface area contributed by atoms with E-state index in [-0.39, 0.29) is 5.97 Å². The molecule has 6 heteroatoms. The number of piperidine rings is 1. The van der Waals surface area contributed by atoms with Crippen LogP contribution in [0.4, 0.5) is 0 Å². The van der Waals surface area contributed by atoms with Crippen LogP contribution in [-0.4, -0.2) is 51.8 Å². The molecule has 182 valence electrons. The highest BCUT2D eigenvalue weighted by Crippen LogP contribution is 2.33. The number of ether oxygens (including phenoxy) is 1. The van der Waals surface area contributed by atoms with Gasteiger partial charge in [0, 0.05) is 35.9 Å². The van der Waals surface area contributed by atoms with E-state index in [1.54, 1.807) is 6.20 Å². The molecule has 2 aromatic heterocycles. The summed E-state index contributed by atoms with van der Waals surface area (Å²) in [6, 6.07) is 20.2. The summed E-state index contributed by atoms with van der Waals surface area (Å²) in [7, 11) is 0. The van der Waals surface area contributed by atoms with Crippen LogP contribution in [0.1, 0.15) is 48.7 Å². The molecule has 0 bridgehead atoms. The van der Waals surface area contributed by atoms with Crippen molar-refractivity contribution in [1.29, 1.82) is 0 Å². The third kappa shape index (κ3) is 4.81. The highest BCUT2D eigenvalue weighted by Gasteiger charge is 2.33. The first-order valence-electron chi connectivity index (χ1n) is 12.6. The van der Waals surface area contributed by atoms with Crippen LogP contribution < -0.4 is 0 Å². The van der Waals surface area contributed by atoms with Crippen LogP contribution in [0.2, 0.25) is 0 Å².